The van der Waals surface area contributed by atoms with Crippen LogP contribution in [-0.4, -0.2) is 56.2 Å². The first-order valence-electron chi connectivity index (χ1n) is 7.85. The molecule has 1 saturated heterocycles. The predicted molar refractivity (Wildman–Crippen MR) is 86.5 cm³/mol. The molecule has 1 aromatic carbocycles. The molecule has 126 valence electrons. The molecule has 23 heavy (non-hydrogen) atoms. The molecule has 1 aliphatic heterocycles. The molecule has 1 aromatic rings. The average molecular weight is 320 g/mol. The van der Waals surface area contributed by atoms with Crippen molar-refractivity contribution in [3.63, 3.8) is 0 Å². The van der Waals surface area contributed by atoms with E-state index in [1.54, 1.807) is 29.2 Å². The van der Waals surface area contributed by atoms with Crippen molar-refractivity contribution in [2.24, 2.45) is 5.92 Å². The van der Waals surface area contributed by atoms with Gasteiger partial charge in [0, 0.05) is 13.1 Å². The Morgan fingerprint density at radius 1 is 1.22 bits per heavy atom. The van der Waals surface area contributed by atoms with Gasteiger partial charge in [-0.1, -0.05) is 26.0 Å². The van der Waals surface area contributed by atoms with Crippen molar-refractivity contribution in [1.82, 2.24) is 10.2 Å². The Balaban J connectivity index is 2.12. The van der Waals surface area contributed by atoms with E-state index in [1.165, 1.54) is 7.11 Å². The Hall–Kier alpha value is -2.08. The second-order valence-corrected chi connectivity index (χ2v) is 5.83. The first-order valence-corrected chi connectivity index (χ1v) is 7.85. The molecule has 0 saturated carbocycles. The van der Waals surface area contributed by atoms with Gasteiger partial charge < -0.3 is 19.7 Å². The highest BCUT2D eigenvalue weighted by atomic mass is 16.5. The summed E-state index contributed by atoms with van der Waals surface area (Å²) in [5.41, 5.74) is 0.426. The maximum absolute atomic E-state index is 12.7. The van der Waals surface area contributed by atoms with E-state index < -0.39 is 6.04 Å². The Labute approximate surface area is 136 Å². The molecule has 0 radical (unpaired) electrons. The highest BCUT2D eigenvalue weighted by molar-refractivity contribution is 5.99. The van der Waals surface area contributed by atoms with Crippen LogP contribution in [0.3, 0.4) is 0 Å². The second-order valence-electron chi connectivity index (χ2n) is 5.83. The largest absolute Gasteiger partial charge is 0.496 e. The van der Waals surface area contributed by atoms with E-state index >= 15 is 0 Å². The molecule has 1 heterocycles. The molecule has 6 nitrogen and oxygen atoms in total. The summed E-state index contributed by atoms with van der Waals surface area (Å²) < 4.78 is 10.5. The number of nitrogens with zero attached hydrogens (tertiary/aromatic N) is 1. The third-order valence-corrected chi connectivity index (χ3v) is 3.89. The van der Waals surface area contributed by atoms with Crippen molar-refractivity contribution in [1.29, 1.82) is 0 Å². The summed E-state index contributed by atoms with van der Waals surface area (Å²) in [6.07, 6.45) is 0. The van der Waals surface area contributed by atoms with Crippen molar-refractivity contribution in [3.05, 3.63) is 29.8 Å². The Kier molecular flexibility index (Phi) is 5.98. The number of carbonyl (C=O) groups is 2. The monoisotopic (exact) mass is 320 g/mol. The number of methoxy groups -OCH3 is 1. The summed E-state index contributed by atoms with van der Waals surface area (Å²) in [4.78, 5) is 27.0. The van der Waals surface area contributed by atoms with E-state index in [9.17, 15) is 9.59 Å². The van der Waals surface area contributed by atoms with Crippen LogP contribution in [0.4, 0.5) is 0 Å². The molecule has 1 aliphatic rings. The van der Waals surface area contributed by atoms with Gasteiger partial charge in [-0.05, 0) is 18.1 Å². The predicted octanol–water partition coefficient (Wildman–Crippen LogP) is 1.31. The van der Waals surface area contributed by atoms with Crippen LogP contribution in [-0.2, 0) is 9.53 Å². The maximum Gasteiger partial charge on any atom is 0.255 e. The van der Waals surface area contributed by atoms with Gasteiger partial charge in [-0.2, -0.15) is 0 Å². The highest BCUT2D eigenvalue weighted by Crippen LogP contribution is 2.18. The molecule has 0 aromatic heterocycles. The minimum Gasteiger partial charge on any atom is -0.496 e. The van der Waals surface area contributed by atoms with E-state index in [0.29, 0.717) is 37.6 Å². The lowest BCUT2D eigenvalue weighted by molar-refractivity contribution is -0.138. The molecular weight excluding hydrogens is 296 g/mol. The summed E-state index contributed by atoms with van der Waals surface area (Å²) in [7, 11) is 1.52. The van der Waals surface area contributed by atoms with Crippen molar-refractivity contribution in [2.75, 3.05) is 33.4 Å². The molecule has 1 N–H and O–H groups in total. The van der Waals surface area contributed by atoms with Crippen LogP contribution in [0.5, 0.6) is 5.75 Å². The smallest absolute Gasteiger partial charge is 0.255 e. The van der Waals surface area contributed by atoms with Gasteiger partial charge in [0.1, 0.15) is 11.8 Å². The van der Waals surface area contributed by atoms with Crippen LogP contribution < -0.4 is 10.1 Å². The summed E-state index contributed by atoms with van der Waals surface area (Å²) in [6, 6.07) is 6.42. The van der Waals surface area contributed by atoms with Gasteiger partial charge in [-0.25, -0.2) is 0 Å². The number of rotatable bonds is 5. The number of amides is 2. The zero-order chi connectivity index (χ0) is 16.8. The first kappa shape index (κ1) is 17.3. The normalized spacial score (nSPS) is 16.1. The molecule has 1 unspecified atom stereocenters. The fraction of sp³-hybridized carbons (Fsp3) is 0.529. The summed E-state index contributed by atoms with van der Waals surface area (Å²) in [5.74, 6) is 0.115. The molecular formula is C17H24N2O4. The second kappa shape index (κ2) is 7.97. The number of hydrogen-bond acceptors (Lipinski definition) is 4. The molecule has 2 amide bonds. The quantitative estimate of drug-likeness (QED) is 0.888. The van der Waals surface area contributed by atoms with Crippen LogP contribution in [0.25, 0.3) is 0 Å². The molecule has 6 heteroatoms. The topological polar surface area (TPSA) is 67.9 Å². The van der Waals surface area contributed by atoms with Crippen LogP contribution in [0.1, 0.15) is 24.2 Å². The highest BCUT2D eigenvalue weighted by Gasteiger charge is 2.30. The lowest BCUT2D eigenvalue weighted by Crippen LogP contribution is -2.53. The lowest BCUT2D eigenvalue weighted by atomic mass is 10.0. The number of morpholine rings is 1. The van der Waals surface area contributed by atoms with E-state index in [4.69, 9.17) is 9.47 Å². The van der Waals surface area contributed by atoms with Crippen molar-refractivity contribution in [2.45, 2.75) is 19.9 Å². The number of hydrogen-bond donors (Lipinski definition) is 1. The average Bonchev–Trinajstić information content (AvgIpc) is 2.59. The molecule has 2 rings (SSSR count). The maximum atomic E-state index is 12.7. The Morgan fingerprint density at radius 2 is 1.87 bits per heavy atom. The van der Waals surface area contributed by atoms with Gasteiger partial charge in [0.15, 0.2) is 0 Å². The van der Waals surface area contributed by atoms with Crippen molar-refractivity contribution >= 4 is 11.8 Å². The number of para-hydroxylation sites is 1. The Bertz CT molecular complexity index is 553. The van der Waals surface area contributed by atoms with Crippen LogP contribution in [0.15, 0.2) is 24.3 Å². The zero-order valence-electron chi connectivity index (χ0n) is 13.9. The van der Waals surface area contributed by atoms with Crippen molar-refractivity contribution < 1.29 is 19.1 Å². The minimum absolute atomic E-state index is 0.0102. The van der Waals surface area contributed by atoms with E-state index in [-0.39, 0.29) is 17.7 Å². The van der Waals surface area contributed by atoms with Crippen LogP contribution in [0.2, 0.25) is 0 Å². The van der Waals surface area contributed by atoms with Crippen molar-refractivity contribution in [3.8, 4) is 5.75 Å². The third kappa shape index (κ3) is 4.22. The fourth-order valence-corrected chi connectivity index (χ4v) is 2.55. The van der Waals surface area contributed by atoms with E-state index in [2.05, 4.69) is 5.32 Å². The third-order valence-electron chi connectivity index (χ3n) is 3.89. The number of nitrogens with one attached hydrogen (secondary N) is 1. The summed E-state index contributed by atoms with van der Waals surface area (Å²) in [6.45, 7) is 6.05. The zero-order valence-corrected chi connectivity index (χ0v) is 13.9. The van der Waals surface area contributed by atoms with Crippen LogP contribution >= 0.6 is 0 Å². The molecule has 0 spiro atoms. The molecule has 0 aliphatic carbocycles. The van der Waals surface area contributed by atoms with Crippen LogP contribution in [0, 0.1) is 5.92 Å². The number of carbonyl (C=O) groups excluding carboxylic acids is 2. The summed E-state index contributed by atoms with van der Waals surface area (Å²) in [5, 5.41) is 2.85. The SMILES string of the molecule is COc1ccccc1C(=O)NC(C(=O)N1CCOCC1)C(C)C. The number of ether oxygens (including phenoxy) is 2. The summed E-state index contributed by atoms with van der Waals surface area (Å²) >= 11 is 0. The van der Waals surface area contributed by atoms with E-state index in [1.807, 2.05) is 13.8 Å². The fourth-order valence-electron chi connectivity index (χ4n) is 2.55. The minimum atomic E-state index is -0.564. The Morgan fingerprint density at radius 3 is 2.48 bits per heavy atom. The first-order chi connectivity index (χ1) is 11.0. The van der Waals surface area contributed by atoms with Gasteiger partial charge >= 0.3 is 0 Å². The van der Waals surface area contributed by atoms with Gasteiger partial charge in [0.25, 0.3) is 5.91 Å². The van der Waals surface area contributed by atoms with Gasteiger partial charge in [0.2, 0.25) is 5.91 Å². The molecule has 1 atom stereocenters. The van der Waals surface area contributed by atoms with Gasteiger partial charge in [-0.15, -0.1) is 0 Å². The molecule has 0 bridgehead atoms. The van der Waals surface area contributed by atoms with Gasteiger partial charge in [0.05, 0.1) is 25.9 Å². The standard InChI is InChI=1S/C17H24N2O4/c1-12(2)15(17(21)19-8-10-23-11-9-19)18-16(20)13-6-4-5-7-14(13)22-3/h4-7,12,15H,8-11H2,1-3H3,(H,18,20). The van der Waals surface area contributed by atoms with E-state index in [0.717, 1.165) is 0 Å². The number of benzene rings is 1. The lowest BCUT2D eigenvalue weighted by Gasteiger charge is -2.32. The molecule has 1 fully saturated rings. The van der Waals surface area contributed by atoms with Gasteiger partial charge in [-0.3, -0.25) is 9.59 Å².